The van der Waals surface area contributed by atoms with Gasteiger partial charge < -0.3 is 5.32 Å². The summed E-state index contributed by atoms with van der Waals surface area (Å²) in [5.74, 6) is -0.313. The van der Waals surface area contributed by atoms with Gasteiger partial charge >= 0.3 is 6.03 Å². The highest BCUT2D eigenvalue weighted by atomic mass is 16.2. The van der Waals surface area contributed by atoms with Crippen LogP contribution in [0.3, 0.4) is 0 Å². The van der Waals surface area contributed by atoms with Gasteiger partial charge in [0.2, 0.25) is 0 Å². The van der Waals surface area contributed by atoms with Crippen molar-refractivity contribution in [3.05, 3.63) is 65.9 Å². The lowest BCUT2D eigenvalue weighted by Crippen LogP contribution is -2.25. The zero-order chi connectivity index (χ0) is 16.0. The lowest BCUT2D eigenvalue weighted by molar-refractivity contribution is -0.121. The fourth-order valence-electron chi connectivity index (χ4n) is 2.97. The zero-order valence-electron chi connectivity index (χ0n) is 12.5. The molecule has 4 rings (SSSR count). The highest BCUT2D eigenvalue weighted by Crippen LogP contribution is 2.30. The van der Waals surface area contributed by atoms with Gasteiger partial charge in [-0.25, -0.2) is 4.79 Å². The summed E-state index contributed by atoms with van der Waals surface area (Å²) < 4.78 is 0. The number of likely N-dealkylation sites (N-methyl/N-ethyl adjacent to an activating group) is 1. The topological polar surface area (TPSA) is 49.4 Å². The van der Waals surface area contributed by atoms with Crippen molar-refractivity contribution >= 4 is 39.6 Å². The number of rotatable bonds is 1. The molecule has 1 fully saturated rings. The first-order valence-corrected chi connectivity index (χ1v) is 7.36. The van der Waals surface area contributed by atoms with Crippen LogP contribution in [0, 0.1) is 0 Å². The Balaban J connectivity index is 2.04. The van der Waals surface area contributed by atoms with Gasteiger partial charge in [-0.3, -0.25) is 9.69 Å². The van der Waals surface area contributed by atoms with Gasteiger partial charge in [0, 0.05) is 7.05 Å². The number of imide groups is 1. The van der Waals surface area contributed by atoms with Crippen LogP contribution in [0.25, 0.3) is 27.6 Å². The quantitative estimate of drug-likeness (QED) is 0.425. The normalized spacial score (nSPS) is 16.6. The number of carbonyl (C=O) groups excluding carboxylic acids is 2. The van der Waals surface area contributed by atoms with E-state index in [9.17, 15) is 9.59 Å². The molecule has 0 atom stereocenters. The number of fused-ring (bicyclic) bond motifs is 2. The van der Waals surface area contributed by atoms with Gasteiger partial charge in [0.1, 0.15) is 5.70 Å². The van der Waals surface area contributed by atoms with Gasteiger partial charge in [-0.1, -0.05) is 48.5 Å². The summed E-state index contributed by atoms with van der Waals surface area (Å²) in [4.78, 5) is 24.9. The maximum Gasteiger partial charge on any atom is 0.328 e. The molecule has 0 aliphatic carbocycles. The molecule has 1 N–H and O–H groups in total. The van der Waals surface area contributed by atoms with E-state index in [1.807, 2.05) is 48.5 Å². The van der Waals surface area contributed by atoms with Gasteiger partial charge in [0.15, 0.2) is 0 Å². The predicted molar refractivity (Wildman–Crippen MR) is 90.7 cm³/mol. The predicted octanol–water partition coefficient (Wildman–Crippen LogP) is 3.52. The molecule has 1 saturated heterocycles. The molecule has 1 aliphatic rings. The first-order chi connectivity index (χ1) is 11.1. The van der Waals surface area contributed by atoms with Gasteiger partial charge in [-0.2, -0.15) is 0 Å². The lowest BCUT2D eigenvalue weighted by atomic mass is 9.96. The molecule has 3 aromatic carbocycles. The van der Waals surface area contributed by atoms with Crippen molar-refractivity contribution in [1.29, 1.82) is 0 Å². The molecule has 3 aromatic rings. The zero-order valence-corrected chi connectivity index (χ0v) is 12.5. The van der Waals surface area contributed by atoms with Crippen LogP contribution >= 0.6 is 0 Å². The standard InChI is InChI=1S/C19H14N2O2/c1-21-18(22)17(20-19(21)23)11-16-14-8-4-2-6-12(14)10-13-7-3-5-9-15(13)16/h2-11H,1H3,(H,20,23)/b17-11+. The molecule has 0 spiro atoms. The average molecular weight is 302 g/mol. The van der Waals surface area contributed by atoms with E-state index in [0.717, 1.165) is 32.0 Å². The third-order valence-electron chi connectivity index (χ3n) is 4.18. The van der Waals surface area contributed by atoms with Crippen LogP contribution in [0.4, 0.5) is 4.79 Å². The van der Waals surface area contributed by atoms with E-state index in [-0.39, 0.29) is 5.91 Å². The van der Waals surface area contributed by atoms with E-state index >= 15 is 0 Å². The Morgan fingerprint density at radius 3 is 2.00 bits per heavy atom. The first kappa shape index (κ1) is 13.5. The number of hydrogen-bond acceptors (Lipinski definition) is 2. The summed E-state index contributed by atoms with van der Waals surface area (Å²) in [6.45, 7) is 0. The molecule has 4 nitrogen and oxygen atoms in total. The average Bonchev–Trinajstić information content (AvgIpc) is 2.81. The largest absolute Gasteiger partial charge is 0.328 e. The summed E-state index contributed by atoms with van der Waals surface area (Å²) in [5, 5.41) is 6.93. The summed E-state index contributed by atoms with van der Waals surface area (Å²) in [6, 6.07) is 17.8. The van der Waals surface area contributed by atoms with Crippen LogP contribution in [0.15, 0.2) is 60.3 Å². The van der Waals surface area contributed by atoms with E-state index in [0.29, 0.717) is 5.70 Å². The van der Waals surface area contributed by atoms with E-state index < -0.39 is 6.03 Å². The highest BCUT2D eigenvalue weighted by Gasteiger charge is 2.30. The van der Waals surface area contributed by atoms with E-state index in [1.54, 1.807) is 6.08 Å². The number of carbonyl (C=O) groups is 2. The molecule has 0 aromatic heterocycles. The van der Waals surface area contributed by atoms with E-state index in [2.05, 4.69) is 11.4 Å². The maximum atomic E-state index is 12.2. The smallest absolute Gasteiger partial charge is 0.303 e. The minimum atomic E-state index is -0.397. The molecule has 0 saturated carbocycles. The van der Waals surface area contributed by atoms with Gasteiger partial charge in [-0.15, -0.1) is 0 Å². The molecular formula is C19H14N2O2. The number of nitrogens with one attached hydrogen (secondary N) is 1. The Bertz CT molecular complexity index is 951. The van der Waals surface area contributed by atoms with Crippen LogP contribution in [-0.4, -0.2) is 23.9 Å². The molecule has 0 radical (unpaired) electrons. The Hall–Kier alpha value is -3.14. The van der Waals surface area contributed by atoms with Crippen LogP contribution < -0.4 is 5.32 Å². The molecule has 23 heavy (non-hydrogen) atoms. The second kappa shape index (κ2) is 4.95. The SMILES string of the molecule is CN1C(=O)N/C(=C/c2c3ccccc3cc3ccccc23)C1=O. The van der Waals surface area contributed by atoms with Crippen molar-refractivity contribution in [2.24, 2.45) is 0 Å². The number of nitrogens with zero attached hydrogens (tertiary/aromatic N) is 1. The van der Waals surface area contributed by atoms with Crippen LogP contribution in [0.2, 0.25) is 0 Å². The summed E-state index contributed by atoms with van der Waals surface area (Å²) in [5.41, 5.74) is 1.25. The fraction of sp³-hybridized carbons (Fsp3) is 0.0526. The van der Waals surface area contributed by atoms with E-state index in [4.69, 9.17) is 0 Å². The van der Waals surface area contributed by atoms with Crippen molar-refractivity contribution in [2.45, 2.75) is 0 Å². The summed E-state index contributed by atoms with van der Waals surface area (Å²) in [7, 11) is 1.47. The highest BCUT2D eigenvalue weighted by molar-refractivity contribution is 6.16. The Morgan fingerprint density at radius 1 is 0.913 bits per heavy atom. The number of urea groups is 1. The van der Waals surface area contributed by atoms with Crippen molar-refractivity contribution in [3.63, 3.8) is 0 Å². The number of benzene rings is 3. The van der Waals surface area contributed by atoms with Crippen molar-refractivity contribution < 1.29 is 9.59 Å². The molecule has 0 unspecified atom stereocenters. The van der Waals surface area contributed by atoms with Crippen LogP contribution in [0.1, 0.15) is 5.56 Å². The molecule has 112 valence electrons. The third-order valence-corrected chi connectivity index (χ3v) is 4.18. The minimum Gasteiger partial charge on any atom is -0.303 e. The van der Waals surface area contributed by atoms with Gasteiger partial charge in [-0.05, 0) is 39.3 Å². The molecule has 3 amide bonds. The fourth-order valence-corrected chi connectivity index (χ4v) is 2.97. The second-order valence-corrected chi connectivity index (χ2v) is 5.58. The minimum absolute atomic E-state index is 0.305. The lowest BCUT2D eigenvalue weighted by Gasteiger charge is -2.09. The summed E-state index contributed by atoms with van der Waals surface area (Å²) in [6.07, 6.45) is 1.77. The molecule has 0 bridgehead atoms. The Labute approximate surface area is 133 Å². The van der Waals surface area contributed by atoms with Crippen molar-refractivity contribution in [3.8, 4) is 0 Å². The Kier molecular flexibility index (Phi) is 2.91. The molecule has 1 heterocycles. The van der Waals surface area contributed by atoms with Crippen LogP contribution in [-0.2, 0) is 4.79 Å². The van der Waals surface area contributed by atoms with Crippen molar-refractivity contribution in [1.82, 2.24) is 10.2 Å². The Morgan fingerprint density at radius 2 is 1.48 bits per heavy atom. The molecular weight excluding hydrogens is 288 g/mol. The van der Waals surface area contributed by atoms with Crippen LogP contribution in [0.5, 0.6) is 0 Å². The second-order valence-electron chi connectivity index (χ2n) is 5.58. The number of amides is 3. The third kappa shape index (κ3) is 2.07. The maximum absolute atomic E-state index is 12.2. The van der Waals surface area contributed by atoms with E-state index in [1.165, 1.54) is 7.05 Å². The number of hydrogen-bond donors (Lipinski definition) is 1. The first-order valence-electron chi connectivity index (χ1n) is 7.36. The van der Waals surface area contributed by atoms with Gasteiger partial charge in [0.25, 0.3) is 5.91 Å². The molecule has 4 heteroatoms. The summed E-state index contributed by atoms with van der Waals surface area (Å²) >= 11 is 0. The van der Waals surface area contributed by atoms with Gasteiger partial charge in [0.05, 0.1) is 0 Å². The molecule has 1 aliphatic heterocycles. The monoisotopic (exact) mass is 302 g/mol. The van der Waals surface area contributed by atoms with Crippen molar-refractivity contribution in [2.75, 3.05) is 7.05 Å².